The third-order valence-corrected chi connectivity index (χ3v) is 12.5. The van der Waals surface area contributed by atoms with Crippen molar-refractivity contribution in [1.82, 2.24) is 0 Å². The predicted molar refractivity (Wildman–Crippen MR) is 133 cm³/mol. The molecule has 3 fully saturated rings. The number of rotatable bonds is 2. The van der Waals surface area contributed by atoms with Crippen LogP contribution in [0.5, 0.6) is 0 Å². The lowest BCUT2D eigenvalue weighted by Crippen LogP contribution is -2.75. The molecule has 7 nitrogen and oxygen atoms in total. The van der Waals surface area contributed by atoms with Gasteiger partial charge in [-0.2, -0.15) is 0 Å². The van der Waals surface area contributed by atoms with Gasteiger partial charge in [-0.1, -0.05) is 25.5 Å². The molecule has 0 aromatic carbocycles. The van der Waals surface area contributed by atoms with E-state index in [2.05, 4.69) is 0 Å². The van der Waals surface area contributed by atoms with Crippen LogP contribution in [0.25, 0.3) is 0 Å². The molecule has 36 heavy (non-hydrogen) atoms. The fraction of sp³-hybridized carbons (Fsp3) is 0.786. The molecular weight excluding hydrogens is 484 g/mol. The molecule has 0 saturated heterocycles. The number of ether oxygens (including phenoxy) is 1. The number of halogens is 1. The highest BCUT2D eigenvalue weighted by atomic mass is 35.5. The van der Waals surface area contributed by atoms with Gasteiger partial charge in [0.1, 0.15) is 17.3 Å². The largest absolute Gasteiger partial charge is 0.455 e. The number of hydrogen-bond donors (Lipinski definition) is 4. The van der Waals surface area contributed by atoms with E-state index in [0.717, 1.165) is 5.57 Å². The minimum atomic E-state index is -1.84. The molecule has 0 bridgehead atoms. The minimum Gasteiger partial charge on any atom is -0.455 e. The molecule has 3 saturated carbocycles. The molecule has 0 amide bonds. The molecule has 1 heterocycles. The topological polar surface area (TPSA) is 124 Å². The maximum Gasteiger partial charge on any atom is 0.334 e. The molecule has 1 aliphatic heterocycles. The highest BCUT2D eigenvalue weighted by Crippen LogP contribution is 2.72. The smallest absolute Gasteiger partial charge is 0.334 e. The second-order valence-electron chi connectivity index (χ2n) is 12.8. The standard InChI is InChI=1S/C28H39ClO7/c1-15-13-21(36-22(32)16(15)2)25(5,33)28(35)12-11-27(34)18-14-20(31)26(29)9-6-7-19(30)24(26,4)17(18)8-10-23(27,28)3/h6-7,17-18,20-21,31,33-35H,8-14H2,1-5H3/t17-,18+,20+,21+,23-,24-,25?,26-,27+,28-/m0/s1. The summed E-state index contributed by atoms with van der Waals surface area (Å²) >= 11 is 7.03. The van der Waals surface area contributed by atoms with Gasteiger partial charge in [-0.05, 0) is 77.2 Å². The maximum absolute atomic E-state index is 13.3. The third kappa shape index (κ3) is 2.79. The summed E-state index contributed by atoms with van der Waals surface area (Å²) in [5.41, 5.74) is -6.00. The molecule has 0 aromatic rings. The van der Waals surface area contributed by atoms with Crippen LogP contribution in [-0.2, 0) is 14.3 Å². The number of cyclic esters (lactones) is 1. The van der Waals surface area contributed by atoms with E-state index in [4.69, 9.17) is 16.3 Å². The average Bonchev–Trinajstić information content (AvgIpc) is 3.03. The van der Waals surface area contributed by atoms with Crippen molar-refractivity contribution in [1.29, 1.82) is 0 Å². The van der Waals surface area contributed by atoms with E-state index in [1.807, 2.05) is 13.8 Å². The van der Waals surface area contributed by atoms with Crippen molar-refractivity contribution in [2.45, 2.75) is 113 Å². The first kappa shape index (κ1) is 26.4. The van der Waals surface area contributed by atoms with Crippen molar-refractivity contribution >= 4 is 23.4 Å². The third-order valence-electron chi connectivity index (χ3n) is 11.7. The Hall–Kier alpha value is -1.25. The summed E-state index contributed by atoms with van der Waals surface area (Å²) in [6.07, 6.45) is 3.27. The van der Waals surface area contributed by atoms with Gasteiger partial charge in [0.05, 0.1) is 22.0 Å². The first-order valence-electron chi connectivity index (χ1n) is 13.1. The van der Waals surface area contributed by atoms with Crippen LogP contribution in [0.2, 0.25) is 0 Å². The van der Waals surface area contributed by atoms with Crippen LogP contribution in [-0.4, -0.2) is 66.1 Å². The Kier molecular flexibility index (Phi) is 5.61. The highest BCUT2D eigenvalue weighted by molar-refractivity contribution is 6.28. The normalized spacial score (nSPS) is 52.3. The Morgan fingerprint density at radius 1 is 1.11 bits per heavy atom. The number of ketones is 1. The lowest BCUT2D eigenvalue weighted by molar-refractivity contribution is -0.287. The van der Waals surface area contributed by atoms with E-state index in [1.165, 1.54) is 6.92 Å². The van der Waals surface area contributed by atoms with Crippen LogP contribution in [0.3, 0.4) is 0 Å². The average molecular weight is 523 g/mol. The summed E-state index contributed by atoms with van der Waals surface area (Å²) in [6, 6.07) is 0. The Balaban J connectivity index is 1.55. The van der Waals surface area contributed by atoms with Crippen molar-refractivity contribution in [3.63, 3.8) is 0 Å². The molecule has 0 aromatic heterocycles. The van der Waals surface area contributed by atoms with Gasteiger partial charge in [-0.15, -0.1) is 11.6 Å². The van der Waals surface area contributed by atoms with E-state index >= 15 is 0 Å². The number of carbonyl (C=O) groups excluding carboxylic acids is 2. The first-order valence-corrected chi connectivity index (χ1v) is 13.5. The molecule has 1 unspecified atom stereocenters. The van der Waals surface area contributed by atoms with E-state index in [-0.39, 0.29) is 31.0 Å². The Labute approximate surface area is 217 Å². The first-order chi connectivity index (χ1) is 16.5. The number of alkyl halides is 1. The SMILES string of the molecule is CC1=C(C)C(=O)O[C@@H](C(C)(O)[C@]2(O)CC[C@@]3(O)[C@@H]4C[C@@H](O)[C@@]5(Cl)CC=CC(=O)[C@]5(C)[C@H]4CC[C@@]32C)C1. The second-order valence-corrected chi connectivity index (χ2v) is 13.5. The van der Waals surface area contributed by atoms with Gasteiger partial charge in [0.25, 0.3) is 0 Å². The zero-order chi connectivity index (χ0) is 26.7. The van der Waals surface area contributed by atoms with Crippen LogP contribution < -0.4 is 0 Å². The molecule has 5 rings (SSSR count). The molecule has 8 heteroatoms. The van der Waals surface area contributed by atoms with Crippen LogP contribution in [0.1, 0.15) is 79.6 Å². The zero-order valence-electron chi connectivity index (χ0n) is 21.8. The molecule has 0 radical (unpaired) electrons. The van der Waals surface area contributed by atoms with Crippen molar-refractivity contribution in [3.8, 4) is 0 Å². The van der Waals surface area contributed by atoms with Crippen LogP contribution in [0, 0.1) is 22.7 Å². The Morgan fingerprint density at radius 3 is 2.42 bits per heavy atom. The summed E-state index contributed by atoms with van der Waals surface area (Å²) in [5.74, 6) is -1.44. The number of aliphatic hydroxyl groups excluding tert-OH is 1. The van der Waals surface area contributed by atoms with E-state index in [0.29, 0.717) is 31.3 Å². The van der Waals surface area contributed by atoms with Gasteiger partial charge in [0, 0.05) is 17.4 Å². The van der Waals surface area contributed by atoms with Crippen molar-refractivity contribution in [2.24, 2.45) is 22.7 Å². The molecular formula is C28H39ClO7. The van der Waals surface area contributed by atoms with Crippen molar-refractivity contribution in [3.05, 3.63) is 23.3 Å². The molecule has 0 spiro atoms. The summed E-state index contributed by atoms with van der Waals surface area (Å²) in [6.45, 7) is 8.61. The summed E-state index contributed by atoms with van der Waals surface area (Å²) < 4.78 is 5.61. The summed E-state index contributed by atoms with van der Waals surface area (Å²) in [5, 5.41) is 47.9. The number of fused-ring (bicyclic) bond motifs is 5. The van der Waals surface area contributed by atoms with Gasteiger partial charge in [0.15, 0.2) is 5.78 Å². The number of esters is 1. The quantitative estimate of drug-likeness (QED) is 0.324. The Morgan fingerprint density at radius 2 is 1.78 bits per heavy atom. The fourth-order valence-electron chi connectivity index (χ4n) is 8.91. The number of allylic oxidation sites excluding steroid dienone is 2. The van der Waals surface area contributed by atoms with E-state index in [1.54, 1.807) is 26.0 Å². The second kappa shape index (κ2) is 7.66. The monoisotopic (exact) mass is 522 g/mol. The van der Waals surface area contributed by atoms with Crippen molar-refractivity contribution < 1.29 is 34.8 Å². The maximum atomic E-state index is 13.3. The van der Waals surface area contributed by atoms with Crippen LogP contribution in [0.15, 0.2) is 23.3 Å². The van der Waals surface area contributed by atoms with Crippen LogP contribution in [0.4, 0.5) is 0 Å². The molecule has 4 aliphatic carbocycles. The molecule has 200 valence electrons. The highest BCUT2D eigenvalue weighted by Gasteiger charge is 2.78. The van der Waals surface area contributed by atoms with E-state index < -0.39 is 56.6 Å². The Bertz CT molecular complexity index is 1080. The zero-order valence-corrected chi connectivity index (χ0v) is 22.6. The summed E-state index contributed by atoms with van der Waals surface area (Å²) in [7, 11) is 0. The molecule has 5 aliphatic rings. The predicted octanol–water partition coefficient (Wildman–Crippen LogP) is 2.96. The van der Waals surface area contributed by atoms with Gasteiger partial charge >= 0.3 is 5.97 Å². The van der Waals surface area contributed by atoms with Gasteiger partial charge in [-0.3, -0.25) is 4.79 Å². The van der Waals surface area contributed by atoms with Gasteiger partial charge < -0.3 is 25.2 Å². The number of hydrogen-bond acceptors (Lipinski definition) is 7. The fourth-order valence-corrected chi connectivity index (χ4v) is 9.32. The lowest BCUT2D eigenvalue weighted by atomic mass is 9.42. The number of aliphatic hydroxyl groups is 4. The molecule has 4 N–H and O–H groups in total. The number of carbonyl (C=O) groups is 2. The molecule has 10 atom stereocenters. The van der Waals surface area contributed by atoms with Crippen molar-refractivity contribution in [2.75, 3.05) is 0 Å². The van der Waals surface area contributed by atoms with E-state index in [9.17, 15) is 30.0 Å². The lowest BCUT2D eigenvalue weighted by Gasteiger charge is -2.66. The van der Waals surface area contributed by atoms with Gasteiger partial charge in [-0.25, -0.2) is 4.79 Å². The summed E-state index contributed by atoms with van der Waals surface area (Å²) in [4.78, 5) is 24.6. The van der Waals surface area contributed by atoms with Crippen LogP contribution >= 0.6 is 11.6 Å². The minimum absolute atomic E-state index is 0.0959. The van der Waals surface area contributed by atoms with Gasteiger partial charge in [0.2, 0.25) is 0 Å².